The normalized spacial score (nSPS) is 11.4. The van der Waals surface area contributed by atoms with Crippen molar-refractivity contribution < 1.29 is 14.3 Å². The Balaban J connectivity index is 2.25. The van der Waals surface area contributed by atoms with Gasteiger partial charge in [-0.15, -0.1) is 0 Å². The van der Waals surface area contributed by atoms with Crippen molar-refractivity contribution in [3.63, 3.8) is 0 Å². The quantitative estimate of drug-likeness (QED) is 0.654. The lowest BCUT2D eigenvalue weighted by Gasteiger charge is -2.24. The molecule has 0 saturated carbocycles. The van der Waals surface area contributed by atoms with Crippen LogP contribution in [-0.2, 0) is 11.2 Å². The van der Waals surface area contributed by atoms with E-state index in [1.54, 1.807) is 6.07 Å². The summed E-state index contributed by atoms with van der Waals surface area (Å²) in [5, 5.41) is 0.952. The Labute approximate surface area is 131 Å². The molecule has 0 spiro atoms. The maximum absolute atomic E-state index is 11.4. The van der Waals surface area contributed by atoms with Crippen LogP contribution in [0.2, 0.25) is 0 Å². The average molecular weight is 304 g/mol. The number of hydrogen-bond acceptors (Lipinski definition) is 4. The van der Waals surface area contributed by atoms with Gasteiger partial charge in [0.15, 0.2) is 0 Å². The molecule has 2 rings (SSSR count). The third kappa shape index (κ3) is 3.60. The SMILES string of the molecule is CCN(CCc1c[nH]c2cccc(OC(=O)OC)c12)C(C)C. The molecule has 5 nitrogen and oxygen atoms in total. The zero-order valence-corrected chi connectivity index (χ0v) is 13.7. The van der Waals surface area contributed by atoms with E-state index < -0.39 is 6.16 Å². The van der Waals surface area contributed by atoms with Crippen molar-refractivity contribution in [2.75, 3.05) is 20.2 Å². The Hall–Kier alpha value is -2.01. The minimum atomic E-state index is -0.697. The molecule has 0 amide bonds. The van der Waals surface area contributed by atoms with Gasteiger partial charge in [0, 0.05) is 29.7 Å². The molecule has 0 radical (unpaired) electrons. The first-order valence-electron chi connectivity index (χ1n) is 7.65. The first-order chi connectivity index (χ1) is 10.6. The molecule has 22 heavy (non-hydrogen) atoms. The van der Waals surface area contributed by atoms with Gasteiger partial charge in [0.05, 0.1) is 7.11 Å². The van der Waals surface area contributed by atoms with Gasteiger partial charge in [-0.05, 0) is 44.5 Å². The summed E-state index contributed by atoms with van der Waals surface area (Å²) in [5.74, 6) is 0.535. The number of nitrogens with zero attached hydrogens (tertiary/aromatic N) is 1. The topological polar surface area (TPSA) is 54.6 Å². The second-order valence-corrected chi connectivity index (χ2v) is 5.52. The number of benzene rings is 1. The van der Waals surface area contributed by atoms with Crippen LogP contribution >= 0.6 is 0 Å². The number of methoxy groups -OCH3 is 1. The van der Waals surface area contributed by atoms with Gasteiger partial charge in [-0.1, -0.05) is 13.0 Å². The molecule has 0 aliphatic carbocycles. The van der Waals surface area contributed by atoms with E-state index in [1.165, 1.54) is 7.11 Å². The zero-order valence-electron chi connectivity index (χ0n) is 13.7. The van der Waals surface area contributed by atoms with Gasteiger partial charge in [-0.25, -0.2) is 4.79 Å². The molecule has 0 aliphatic heterocycles. The van der Waals surface area contributed by atoms with Gasteiger partial charge in [-0.2, -0.15) is 0 Å². The van der Waals surface area contributed by atoms with Crippen molar-refractivity contribution in [2.45, 2.75) is 33.2 Å². The summed E-state index contributed by atoms with van der Waals surface area (Å²) in [7, 11) is 1.31. The third-order valence-electron chi connectivity index (χ3n) is 3.91. The molecule has 5 heteroatoms. The minimum Gasteiger partial charge on any atom is -0.437 e. The van der Waals surface area contributed by atoms with E-state index >= 15 is 0 Å². The lowest BCUT2D eigenvalue weighted by Crippen LogP contribution is -2.32. The molecular formula is C17H24N2O3. The smallest absolute Gasteiger partial charge is 0.437 e. The highest BCUT2D eigenvalue weighted by Gasteiger charge is 2.14. The highest BCUT2D eigenvalue weighted by molar-refractivity contribution is 5.90. The number of ether oxygens (including phenoxy) is 2. The summed E-state index contributed by atoms with van der Waals surface area (Å²) in [4.78, 5) is 17.0. The molecule has 1 N–H and O–H groups in total. The minimum absolute atomic E-state index is 0.515. The van der Waals surface area contributed by atoms with E-state index in [-0.39, 0.29) is 0 Å². The van der Waals surface area contributed by atoms with Crippen LogP contribution < -0.4 is 4.74 Å². The van der Waals surface area contributed by atoms with Crippen molar-refractivity contribution in [3.05, 3.63) is 30.0 Å². The molecule has 1 aromatic heterocycles. The summed E-state index contributed by atoms with van der Waals surface area (Å²) < 4.78 is 9.85. The molecular weight excluding hydrogens is 280 g/mol. The van der Waals surface area contributed by atoms with Gasteiger partial charge in [0.2, 0.25) is 0 Å². The molecule has 1 heterocycles. The molecule has 0 unspecified atom stereocenters. The molecule has 120 valence electrons. The summed E-state index contributed by atoms with van der Waals surface area (Å²) in [6.45, 7) is 8.55. The van der Waals surface area contributed by atoms with Crippen LogP contribution in [0.3, 0.4) is 0 Å². The number of fused-ring (bicyclic) bond motifs is 1. The predicted octanol–water partition coefficient (Wildman–Crippen LogP) is 3.59. The molecule has 2 aromatic rings. The Morgan fingerprint density at radius 3 is 2.77 bits per heavy atom. The van der Waals surface area contributed by atoms with E-state index in [2.05, 4.69) is 35.4 Å². The van der Waals surface area contributed by atoms with E-state index in [0.29, 0.717) is 11.8 Å². The molecule has 0 atom stereocenters. The molecule has 0 aliphatic rings. The van der Waals surface area contributed by atoms with E-state index in [9.17, 15) is 4.79 Å². The van der Waals surface area contributed by atoms with Gasteiger partial charge >= 0.3 is 6.16 Å². The van der Waals surface area contributed by atoms with Crippen molar-refractivity contribution in [3.8, 4) is 5.75 Å². The third-order valence-corrected chi connectivity index (χ3v) is 3.91. The van der Waals surface area contributed by atoms with Crippen LogP contribution in [0.5, 0.6) is 5.75 Å². The van der Waals surface area contributed by atoms with Gasteiger partial charge < -0.3 is 19.4 Å². The Bertz CT molecular complexity index is 634. The number of aromatic amines is 1. The van der Waals surface area contributed by atoms with Crippen molar-refractivity contribution in [1.29, 1.82) is 0 Å². The van der Waals surface area contributed by atoms with Crippen LogP contribution in [0.15, 0.2) is 24.4 Å². The van der Waals surface area contributed by atoms with Crippen molar-refractivity contribution in [2.24, 2.45) is 0 Å². The van der Waals surface area contributed by atoms with Crippen LogP contribution in [0.1, 0.15) is 26.3 Å². The standard InChI is InChI=1S/C17H24N2O3/c1-5-19(12(2)3)10-9-13-11-18-14-7-6-8-15(16(13)14)22-17(20)21-4/h6-8,11-12,18H,5,9-10H2,1-4H3. The van der Waals surface area contributed by atoms with Crippen LogP contribution in [0.4, 0.5) is 4.79 Å². The second kappa shape index (κ2) is 7.31. The summed E-state index contributed by atoms with van der Waals surface area (Å²) in [5.41, 5.74) is 2.11. The summed E-state index contributed by atoms with van der Waals surface area (Å²) in [6, 6.07) is 6.13. The van der Waals surface area contributed by atoms with E-state index in [0.717, 1.165) is 36.0 Å². The largest absolute Gasteiger partial charge is 0.513 e. The lowest BCUT2D eigenvalue weighted by molar-refractivity contribution is 0.122. The summed E-state index contributed by atoms with van der Waals surface area (Å²) >= 11 is 0. The molecule has 0 bridgehead atoms. The van der Waals surface area contributed by atoms with Gasteiger partial charge in [0.1, 0.15) is 5.75 Å². The average Bonchev–Trinajstić information content (AvgIpc) is 2.92. The lowest BCUT2D eigenvalue weighted by atomic mass is 10.1. The summed E-state index contributed by atoms with van der Waals surface area (Å²) in [6.07, 6.45) is 2.19. The first kappa shape index (κ1) is 16.4. The highest BCUT2D eigenvalue weighted by atomic mass is 16.7. The van der Waals surface area contributed by atoms with Crippen LogP contribution in [0, 0.1) is 0 Å². The van der Waals surface area contributed by atoms with E-state index in [4.69, 9.17) is 4.74 Å². The number of aromatic nitrogens is 1. The van der Waals surface area contributed by atoms with Crippen LogP contribution in [-0.4, -0.2) is 42.3 Å². The van der Waals surface area contributed by atoms with Gasteiger partial charge in [0.25, 0.3) is 0 Å². The molecule has 0 saturated heterocycles. The number of H-pyrrole nitrogens is 1. The first-order valence-corrected chi connectivity index (χ1v) is 7.65. The van der Waals surface area contributed by atoms with Crippen molar-refractivity contribution >= 4 is 17.1 Å². The fourth-order valence-corrected chi connectivity index (χ4v) is 2.68. The number of rotatable bonds is 6. The number of carbonyl (C=O) groups excluding carboxylic acids is 1. The maximum atomic E-state index is 11.4. The monoisotopic (exact) mass is 304 g/mol. The Morgan fingerprint density at radius 1 is 1.36 bits per heavy atom. The fourth-order valence-electron chi connectivity index (χ4n) is 2.68. The van der Waals surface area contributed by atoms with Crippen LogP contribution in [0.25, 0.3) is 10.9 Å². The Morgan fingerprint density at radius 2 is 2.14 bits per heavy atom. The second-order valence-electron chi connectivity index (χ2n) is 5.52. The number of carbonyl (C=O) groups is 1. The van der Waals surface area contributed by atoms with E-state index in [1.807, 2.05) is 18.3 Å². The fraction of sp³-hybridized carbons (Fsp3) is 0.471. The Kier molecular flexibility index (Phi) is 5.44. The zero-order chi connectivity index (χ0) is 16.1. The highest BCUT2D eigenvalue weighted by Crippen LogP contribution is 2.29. The molecule has 1 aromatic carbocycles. The van der Waals surface area contributed by atoms with Gasteiger partial charge in [-0.3, -0.25) is 0 Å². The predicted molar refractivity (Wildman–Crippen MR) is 87.4 cm³/mol. The maximum Gasteiger partial charge on any atom is 0.513 e. The number of nitrogens with one attached hydrogen (secondary N) is 1. The van der Waals surface area contributed by atoms with Crippen molar-refractivity contribution in [1.82, 2.24) is 9.88 Å². The molecule has 0 fully saturated rings. The number of likely N-dealkylation sites (N-methyl/N-ethyl adjacent to an activating group) is 1. The number of hydrogen-bond donors (Lipinski definition) is 1.